The van der Waals surface area contributed by atoms with Crippen LogP contribution in [0.5, 0.6) is 0 Å². The lowest BCUT2D eigenvalue weighted by Gasteiger charge is -2.19. The van der Waals surface area contributed by atoms with E-state index in [9.17, 15) is 24.9 Å². The zero-order valence-corrected chi connectivity index (χ0v) is 14.2. The highest BCUT2D eigenvalue weighted by Gasteiger charge is 2.45. The molecule has 140 valence electrons. The second-order valence-corrected chi connectivity index (χ2v) is 6.32. The average Bonchev–Trinajstić information content (AvgIpc) is 3.05. The van der Waals surface area contributed by atoms with Crippen molar-refractivity contribution < 1.29 is 24.9 Å². The van der Waals surface area contributed by atoms with E-state index in [1.807, 2.05) is 30.3 Å². The van der Waals surface area contributed by atoms with Gasteiger partial charge in [-0.25, -0.2) is 4.68 Å². The molecule has 4 atom stereocenters. The first-order valence-electron chi connectivity index (χ1n) is 8.26. The highest BCUT2D eigenvalue weighted by atomic mass is 16.6. The van der Waals surface area contributed by atoms with E-state index < -0.39 is 36.7 Å². The Morgan fingerprint density at radius 2 is 1.92 bits per heavy atom. The van der Waals surface area contributed by atoms with Crippen LogP contribution in [0, 0.1) is 0 Å². The molecule has 1 fully saturated rings. The summed E-state index contributed by atoms with van der Waals surface area (Å²) in [6, 6.07) is 9.22. The first-order valence-corrected chi connectivity index (χ1v) is 8.26. The summed E-state index contributed by atoms with van der Waals surface area (Å²) in [4.78, 5) is 25.5. The van der Waals surface area contributed by atoms with Gasteiger partial charge in [-0.3, -0.25) is 9.59 Å². The molecule has 0 spiro atoms. The summed E-state index contributed by atoms with van der Waals surface area (Å²) in [5, 5.41) is 33.7. The Kier molecular flexibility index (Phi) is 5.33. The third kappa shape index (κ3) is 3.47. The predicted molar refractivity (Wildman–Crippen MR) is 89.4 cm³/mol. The molecule has 1 saturated heterocycles. The van der Waals surface area contributed by atoms with Crippen molar-refractivity contribution >= 4 is 5.78 Å². The van der Waals surface area contributed by atoms with Crippen LogP contribution in [0.1, 0.15) is 24.4 Å². The Bertz CT molecular complexity index is 831. The number of aromatic nitrogens is 3. The SMILES string of the molecule is CC(=O)Cc1nn(Cc2ccccc2)n(C2OC(CO)C(O)C2O)c1=O. The summed E-state index contributed by atoms with van der Waals surface area (Å²) in [5.41, 5.74) is 0.307. The van der Waals surface area contributed by atoms with Crippen LogP contribution in [0.15, 0.2) is 35.1 Å². The number of rotatable bonds is 6. The van der Waals surface area contributed by atoms with Gasteiger partial charge in [0.15, 0.2) is 6.23 Å². The number of Topliss-reactive ketones (excluding diaryl/α,β-unsaturated/α-hetero) is 1. The first-order chi connectivity index (χ1) is 12.4. The number of hydrogen-bond donors (Lipinski definition) is 3. The van der Waals surface area contributed by atoms with Gasteiger partial charge in [0.1, 0.15) is 29.8 Å². The molecular formula is C17H21N3O6. The van der Waals surface area contributed by atoms with Gasteiger partial charge < -0.3 is 20.1 Å². The van der Waals surface area contributed by atoms with Crippen LogP contribution < -0.4 is 5.56 Å². The second-order valence-electron chi connectivity index (χ2n) is 6.32. The molecule has 0 amide bonds. The van der Waals surface area contributed by atoms with E-state index in [4.69, 9.17) is 4.74 Å². The molecule has 3 N–H and O–H groups in total. The normalized spacial score (nSPS) is 25.5. The van der Waals surface area contributed by atoms with Gasteiger partial charge in [0, 0.05) is 0 Å². The smallest absolute Gasteiger partial charge is 0.292 e. The lowest BCUT2D eigenvalue weighted by molar-refractivity contribution is -0.116. The van der Waals surface area contributed by atoms with Crippen molar-refractivity contribution in [1.82, 2.24) is 14.6 Å². The number of carbonyl (C=O) groups excluding carboxylic acids is 1. The number of ketones is 1. The second kappa shape index (κ2) is 7.50. The van der Waals surface area contributed by atoms with Gasteiger partial charge in [0.25, 0.3) is 5.56 Å². The Morgan fingerprint density at radius 3 is 2.50 bits per heavy atom. The Labute approximate surface area is 149 Å². The zero-order valence-electron chi connectivity index (χ0n) is 14.2. The number of aliphatic hydroxyl groups excluding tert-OH is 3. The van der Waals surface area contributed by atoms with Crippen LogP contribution in [-0.4, -0.2) is 60.6 Å². The molecule has 1 aliphatic heterocycles. The molecular weight excluding hydrogens is 342 g/mol. The van der Waals surface area contributed by atoms with E-state index in [-0.39, 0.29) is 24.4 Å². The van der Waals surface area contributed by atoms with E-state index >= 15 is 0 Å². The fourth-order valence-corrected chi connectivity index (χ4v) is 3.00. The number of aliphatic hydroxyl groups is 3. The third-order valence-corrected chi connectivity index (χ3v) is 4.28. The van der Waals surface area contributed by atoms with Gasteiger partial charge in [-0.2, -0.15) is 9.90 Å². The molecule has 26 heavy (non-hydrogen) atoms. The van der Waals surface area contributed by atoms with Gasteiger partial charge >= 0.3 is 0 Å². The predicted octanol–water partition coefficient (Wildman–Crippen LogP) is -1.16. The zero-order chi connectivity index (χ0) is 18.8. The molecule has 1 aliphatic rings. The molecule has 0 saturated carbocycles. The number of hydrogen-bond acceptors (Lipinski definition) is 7. The summed E-state index contributed by atoms with van der Waals surface area (Å²) in [6.07, 6.45) is -5.13. The maximum absolute atomic E-state index is 12.7. The molecule has 9 heteroatoms. The number of nitrogens with zero attached hydrogens (tertiary/aromatic N) is 3. The van der Waals surface area contributed by atoms with E-state index in [1.54, 1.807) is 0 Å². The maximum Gasteiger partial charge on any atom is 0.292 e. The van der Waals surface area contributed by atoms with Gasteiger partial charge in [-0.15, -0.1) is 0 Å². The number of carbonyl (C=O) groups is 1. The molecule has 0 aliphatic carbocycles. The van der Waals surface area contributed by atoms with Crippen molar-refractivity contribution in [3.05, 3.63) is 51.9 Å². The minimum Gasteiger partial charge on any atom is -0.394 e. The molecule has 2 aromatic rings. The lowest BCUT2D eigenvalue weighted by Crippen LogP contribution is -2.37. The topological polar surface area (TPSA) is 127 Å². The molecule has 3 rings (SSSR count). The van der Waals surface area contributed by atoms with Crippen molar-refractivity contribution in [3.8, 4) is 0 Å². The van der Waals surface area contributed by atoms with Crippen LogP contribution >= 0.6 is 0 Å². The largest absolute Gasteiger partial charge is 0.394 e. The standard InChI is InChI=1S/C17H21N3O6/c1-10(22)7-12-16(25)20(17-15(24)14(23)13(9-21)26-17)19(18-12)8-11-5-3-2-4-6-11/h2-6,13-15,17,21,23-24H,7-9H2,1H3. The average molecular weight is 363 g/mol. The summed E-state index contributed by atoms with van der Waals surface area (Å²) in [7, 11) is 0. The molecule has 2 heterocycles. The van der Waals surface area contributed by atoms with Crippen LogP contribution in [0.3, 0.4) is 0 Å². The summed E-state index contributed by atoms with van der Waals surface area (Å²) in [5.74, 6) is -0.222. The Hall–Kier alpha value is -2.33. The maximum atomic E-state index is 12.7. The summed E-state index contributed by atoms with van der Waals surface area (Å²) >= 11 is 0. The van der Waals surface area contributed by atoms with Crippen LogP contribution in [0.25, 0.3) is 0 Å². The van der Waals surface area contributed by atoms with E-state index in [0.29, 0.717) is 0 Å². The molecule has 1 aromatic carbocycles. The van der Waals surface area contributed by atoms with E-state index in [0.717, 1.165) is 10.2 Å². The van der Waals surface area contributed by atoms with Crippen molar-refractivity contribution in [2.45, 2.75) is 44.4 Å². The van der Waals surface area contributed by atoms with Crippen molar-refractivity contribution in [1.29, 1.82) is 0 Å². The summed E-state index contributed by atoms with van der Waals surface area (Å²) < 4.78 is 6.56. The van der Waals surface area contributed by atoms with E-state index in [2.05, 4.69) is 5.10 Å². The van der Waals surface area contributed by atoms with Gasteiger partial charge in [-0.1, -0.05) is 30.3 Å². The quantitative estimate of drug-likeness (QED) is 0.590. The Morgan fingerprint density at radius 1 is 1.23 bits per heavy atom. The minimum atomic E-state index is -1.42. The van der Waals surface area contributed by atoms with Gasteiger partial charge in [0.2, 0.25) is 0 Å². The summed E-state index contributed by atoms with van der Waals surface area (Å²) in [6.45, 7) is 1.06. The van der Waals surface area contributed by atoms with Crippen LogP contribution in [0.2, 0.25) is 0 Å². The molecule has 1 aromatic heterocycles. The van der Waals surface area contributed by atoms with Gasteiger partial charge in [-0.05, 0) is 12.5 Å². The monoisotopic (exact) mass is 363 g/mol. The minimum absolute atomic E-state index is 0.0335. The van der Waals surface area contributed by atoms with Crippen molar-refractivity contribution in [2.24, 2.45) is 0 Å². The van der Waals surface area contributed by atoms with Gasteiger partial charge in [0.05, 0.1) is 19.6 Å². The number of benzene rings is 1. The highest BCUT2D eigenvalue weighted by molar-refractivity contribution is 5.77. The Balaban J connectivity index is 2.03. The van der Waals surface area contributed by atoms with E-state index in [1.165, 1.54) is 11.7 Å². The fraction of sp³-hybridized carbons (Fsp3) is 0.471. The highest BCUT2D eigenvalue weighted by Crippen LogP contribution is 2.28. The van der Waals surface area contributed by atoms with Crippen molar-refractivity contribution in [2.75, 3.05) is 6.61 Å². The molecule has 0 radical (unpaired) electrons. The van der Waals surface area contributed by atoms with Crippen LogP contribution in [0.4, 0.5) is 0 Å². The molecule has 4 unspecified atom stereocenters. The lowest BCUT2D eigenvalue weighted by atomic mass is 10.1. The molecule has 9 nitrogen and oxygen atoms in total. The van der Waals surface area contributed by atoms with Crippen molar-refractivity contribution in [3.63, 3.8) is 0 Å². The molecule has 0 bridgehead atoms. The fourth-order valence-electron chi connectivity index (χ4n) is 3.00. The van der Waals surface area contributed by atoms with Crippen LogP contribution in [-0.2, 0) is 22.5 Å². The first kappa shape index (κ1) is 18.5. The third-order valence-electron chi connectivity index (χ3n) is 4.28. The number of ether oxygens (including phenoxy) is 1.